The van der Waals surface area contributed by atoms with Gasteiger partial charge in [-0.3, -0.25) is 0 Å². The molecule has 1 rings (SSSR count). The third-order valence-corrected chi connectivity index (χ3v) is 2.58. The molecule has 0 bridgehead atoms. The molecular formula is C15H20. The highest BCUT2D eigenvalue weighted by Gasteiger charge is 1.93. The molecule has 0 atom stereocenters. The van der Waals surface area contributed by atoms with Gasteiger partial charge in [-0.05, 0) is 35.8 Å². The van der Waals surface area contributed by atoms with Gasteiger partial charge in [0, 0.05) is 0 Å². The first-order chi connectivity index (χ1) is 7.29. The molecule has 0 radical (unpaired) electrons. The van der Waals surface area contributed by atoms with Crippen LogP contribution in [-0.4, -0.2) is 0 Å². The fourth-order valence-electron chi connectivity index (χ4n) is 1.61. The first-order valence-corrected chi connectivity index (χ1v) is 5.69. The lowest BCUT2D eigenvalue weighted by atomic mass is 10.0. The van der Waals surface area contributed by atoms with Gasteiger partial charge >= 0.3 is 0 Å². The van der Waals surface area contributed by atoms with Gasteiger partial charge in [-0.15, -0.1) is 0 Å². The van der Waals surface area contributed by atoms with Gasteiger partial charge in [0.2, 0.25) is 0 Å². The topological polar surface area (TPSA) is 0 Å². The summed E-state index contributed by atoms with van der Waals surface area (Å²) in [4.78, 5) is 0. The van der Waals surface area contributed by atoms with Crippen molar-refractivity contribution in [3.05, 3.63) is 46.4 Å². The van der Waals surface area contributed by atoms with E-state index in [2.05, 4.69) is 43.9 Å². The summed E-state index contributed by atoms with van der Waals surface area (Å²) < 4.78 is 0. The molecule has 80 valence electrons. The Balaban J connectivity index is 3.06. The molecule has 0 fully saturated rings. The van der Waals surface area contributed by atoms with Crippen molar-refractivity contribution in [2.75, 3.05) is 0 Å². The summed E-state index contributed by atoms with van der Waals surface area (Å²) in [5.41, 5.74) is 1.38. The number of allylic oxidation sites excluding steroid dienone is 2. The van der Waals surface area contributed by atoms with E-state index in [0.717, 1.165) is 6.42 Å². The molecule has 1 aromatic rings. The number of hydrogen-bond acceptors (Lipinski definition) is 0. The van der Waals surface area contributed by atoms with Crippen LogP contribution in [-0.2, 0) is 6.42 Å². The van der Waals surface area contributed by atoms with Crippen molar-refractivity contribution in [1.82, 2.24) is 0 Å². The first-order valence-electron chi connectivity index (χ1n) is 5.69. The predicted octanol–water partition coefficient (Wildman–Crippen LogP) is 2.80. The zero-order valence-corrected chi connectivity index (χ0v) is 9.79. The average Bonchev–Trinajstić information content (AvgIpc) is 2.26. The standard InChI is InChI=1S/C15H20/c1-4-6-9-14-11-8-12-15(13(14)3)10-7-5-2/h4,6,8-9,11-12H,3,5,7,10H2,1-2H3/b6-4-,14-9-. The van der Waals surface area contributed by atoms with Crippen LogP contribution in [0.1, 0.15) is 32.3 Å². The summed E-state index contributed by atoms with van der Waals surface area (Å²) in [6.45, 7) is 8.41. The minimum Gasteiger partial charge on any atom is -0.0909 e. The number of benzene rings is 1. The van der Waals surface area contributed by atoms with Crippen molar-refractivity contribution >= 4 is 12.7 Å². The highest BCUT2D eigenvalue weighted by molar-refractivity contribution is 5.39. The van der Waals surface area contributed by atoms with E-state index in [1.165, 1.54) is 28.8 Å². The minimum absolute atomic E-state index is 1.15. The molecule has 0 heterocycles. The van der Waals surface area contributed by atoms with Gasteiger partial charge in [0.05, 0.1) is 0 Å². The van der Waals surface area contributed by atoms with Gasteiger partial charge in [-0.1, -0.05) is 56.4 Å². The lowest BCUT2D eigenvalue weighted by Gasteiger charge is -2.00. The fourth-order valence-corrected chi connectivity index (χ4v) is 1.61. The number of rotatable bonds is 4. The summed E-state index contributed by atoms with van der Waals surface area (Å²) in [7, 11) is 0. The SMILES string of the molecule is C=c1c(CCCC)ccc/c1=C/C=C\C. The van der Waals surface area contributed by atoms with Crippen molar-refractivity contribution in [2.24, 2.45) is 0 Å². The summed E-state index contributed by atoms with van der Waals surface area (Å²) in [6, 6.07) is 6.43. The smallest absolute Gasteiger partial charge is 0.0187 e. The van der Waals surface area contributed by atoms with Crippen LogP contribution in [0.2, 0.25) is 0 Å². The lowest BCUT2D eigenvalue weighted by Crippen LogP contribution is -2.26. The van der Waals surface area contributed by atoms with Crippen LogP contribution in [0.4, 0.5) is 0 Å². The Morgan fingerprint density at radius 2 is 2.13 bits per heavy atom. The van der Waals surface area contributed by atoms with Crippen molar-refractivity contribution in [1.29, 1.82) is 0 Å². The fraction of sp³-hybridized carbons (Fsp3) is 0.333. The molecule has 1 aromatic carbocycles. The monoisotopic (exact) mass is 200 g/mol. The minimum atomic E-state index is 1.15. The molecule has 0 aliphatic carbocycles. The van der Waals surface area contributed by atoms with Crippen LogP contribution >= 0.6 is 0 Å². The highest BCUT2D eigenvalue weighted by atomic mass is 14.0. The van der Waals surface area contributed by atoms with Crippen LogP contribution in [0.5, 0.6) is 0 Å². The van der Waals surface area contributed by atoms with Gasteiger partial charge in [0.15, 0.2) is 0 Å². The Bertz CT molecular complexity index is 424. The zero-order chi connectivity index (χ0) is 11.1. The zero-order valence-electron chi connectivity index (χ0n) is 9.79. The van der Waals surface area contributed by atoms with Crippen LogP contribution in [0.3, 0.4) is 0 Å². The second-order valence-corrected chi connectivity index (χ2v) is 3.78. The lowest BCUT2D eigenvalue weighted by molar-refractivity contribution is 0.791. The maximum atomic E-state index is 4.16. The molecule has 0 unspecified atom stereocenters. The molecule has 0 saturated carbocycles. The van der Waals surface area contributed by atoms with E-state index in [-0.39, 0.29) is 0 Å². The molecule has 0 N–H and O–H groups in total. The molecule has 0 aromatic heterocycles. The molecule has 15 heavy (non-hydrogen) atoms. The Morgan fingerprint density at radius 3 is 2.80 bits per heavy atom. The largest absolute Gasteiger partial charge is 0.0909 e. The Kier molecular flexibility index (Phi) is 4.89. The molecule has 0 aliphatic heterocycles. The van der Waals surface area contributed by atoms with Crippen LogP contribution in [0.25, 0.3) is 12.7 Å². The van der Waals surface area contributed by atoms with Crippen LogP contribution < -0.4 is 10.4 Å². The predicted molar refractivity (Wildman–Crippen MR) is 69.1 cm³/mol. The molecule has 0 aliphatic rings. The Labute approximate surface area is 92.6 Å². The Morgan fingerprint density at radius 1 is 1.33 bits per heavy atom. The summed E-state index contributed by atoms with van der Waals surface area (Å²) in [5, 5.41) is 2.42. The number of aryl methyl sites for hydroxylation is 1. The highest BCUT2D eigenvalue weighted by Crippen LogP contribution is 1.97. The first kappa shape index (κ1) is 11.8. The van der Waals surface area contributed by atoms with E-state index < -0.39 is 0 Å². The van der Waals surface area contributed by atoms with E-state index in [1.54, 1.807) is 0 Å². The van der Waals surface area contributed by atoms with E-state index in [0.29, 0.717) is 0 Å². The average molecular weight is 200 g/mol. The van der Waals surface area contributed by atoms with Crippen molar-refractivity contribution < 1.29 is 0 Å². The van der Waals surface area contributed by atoms with Crippen LogP contribution in [0.15, 0.2) is 30.4 Å². The van der Waals surface area contributed by atoms with Gasteiger partial charge < -0.3 is 0 Å². The molecule has 0 nitrogen and oxygen atoms in total. The van der Waals surface area contributed by atoms with E-state index in [4.69, 9.17) is 0 Å². The van der Waals surface area contributed by atoms with Crippen molar-refractivity contribution in [3.63, 3.8) is 0 Å². The van der Waals surface area contributed by atoms with Gasteiger partial charge in [0.25, 0.3) is 0 Å². The Hall–Kier alpha value is -1.30. The summed E-state index contributed by atoms with van der Waals surface area (Å²) in [6.07, 6.45) is 9.86. The van der Waals surface area contributed by atoms with Crippen molar-refractivity contribution in [3.8, 4) is 0 Å². The van der Waals surface area contributed by atoms with Crippen molar-refractivity contribution in [2.45, 2.75) is 33.1 Å². The van der Waals surface area contributed by atoms with E-state index in [1.807, 2.05) is 13.0 Å². The van der Waals surface area contributed by atoms with Crippen LogP contribution in [0, 0.1) is 0 Å². The van der Waals surface area contributed by atoms with E-state index in [9.17, 15) is 0 Å². The molecule has 0 amide bonds. The second-order valence-electron chi connectivity index (χ2n) is 3.78. The quantitative estimate of drug-likeness (QED) is 0.701. The van der Waals surface area contributed by atoms with Gasteiger partial charge in [-0.25, -0.2) is 0 Å². The molecule has 0 spiro atoms. The maximum absolute atomic E-state index is 4.16. The molecule has 0 saturated heterocycles. The van der Waals surface area contributed by atoms with E-state index >= 15 is 0 Å². The third kappa shape index (κ3) is 3.39. The van der Waals surface area contributed by atoms with Gasteiger partial charge in [-0.2, -0.15) is 0 Å². The molecular weight excluding hydrogens is 180 g/mol. The summed E-state index contributed by atoms with van der Waals surface area (Å²) in [5.74, 6) is 0. The number of hydrogen-bond donors (Lipinski definition) is 0. The maximum Gasteiger partial charge on any atom is -0.0187 e. The summed E-state index contributed by atoms with van der Waals surface area (Å²) >= 11 is 0. The van der Waals surface area contributed by atoms with Gasteiger partial charge in [0.1, 0.15) is 0 Å². The third-order valence-electron chi connectivity index (χ3n) is 2.58. The molecule has 0 heteroatoms. The second kappa shape index (κ2) is 6.23. The normalized spacial score (nSPS) is 12.5. The number of unbranched alkanes of at least 4 members (excludes halogenated alkanes) is 1.